The molecule has 0 heterocycles. The second kappa shape index (κ2) is 4.56. The fraction of sp³-hybridized carbons (Fsp3) is 0.143. The first-order valence-corrected chi connectivity index (χ1v) is 5.47. The van der Waals surface area contributed by atoms with Crippen molar-refractivity contribution >= 4 is 31.6 Å². The molecule has 0 amide bonds. The first-order valence-electron chi connectivity index (χ1n) is 3.40. The molecule has 0 aliphatic carbocycles. The molecule has 13 heavy (non-hydrogen) atoms. The summed E-state index contributed by atoms with van der Waals surface area (Å²) in [5.41, 5.74) is 5.98. The molecule has 0 fully saturated rings. The molecule has 0 bridgehead atoms. The molecule has 0 aromatic heterocycles. The highest BCUT2D eigenvalue weighted by atomic mass is 35.5. The summed E-state index contributed by atoms with van der Waals surface area (Å²) in [7, 11) is -2.21. The topological polar surface area (TPSA) is 66.5 Å². The smallest absolute Gasteiger partial charge is 0.188 e. The Labute approximate surface area is 87.0 Å². The second-order valence-corrected chi connectivity index (χ2v) is 4.47. The zero-order chi connectivity index (χ0) is 10.0. The molecule has 1 aromatic rings. The van der Waals surface area contributed by atoms with Crippen LogP contribution in [0.1, 0.15) is 11.3 Å². The largest absolute Gasteiger partial charge is 0.349 e. The molecule has 1 aromatic carbocycles. The molecule has 0 saturated heterocycles. The lowest BCUT2D eigenvalue weighted by Gasteiger charge is -2.14. The zero-order valence-corrected chi connectivity index (χ0v) is 8.89. The Bertz CT molecular complexity index is 309. The lowest BCUT2D eigenvalue weighted by Crippen LogP contribution is -2.08. The van der Waals surface area contributed by atoms with Crippen molar-refractivity contribution in [3.05, 3.63) is 33.8 Å². The molecule has 4 N–H and O–H groups in total. The number of hydrogen-bond donors (Lipinski definition) is 3. The standard InChI is InChI=1S/C7H8Cl2NO2P/c8-4-1-2-5(6(9)3-4)7(10)13(11)12/h1-3,7,11-12H,10H2. The van der Waals surface area contributed by atoms with Crippen LogP contribution in [0.5, 0.6) is 0 Å². The third-order valence-electron chi connectivity index (χ3n) is 1.53. The maximum Gasteiger partial charge on any atom is 0.188 e. The average Bonchev–Trinajstić information content (AvgIpc) is 2.03. The van der Waals surface area contributed by atoms with Gasteiger partial charge in [0.1, 0.15) is 5.78 Å². The summed E-state index contributed by atoms with van der Waals surface area (Å²) in [4.78, 5) is 17.7. The summed E-state index contributed by atoms with van der Waals surface area (Å²) >= 11 is 11.4. The first kappa shape index (κ1) is 11.2. The molecule has 1 atom stereocenters. The molecule has 0 saturated carbocycles. The Kier molecular flexibility index (Phi) is 3.92. The van der Waals surface area contributed by atoms with Crippen LogP contribution in [-0.2, 0) is 0 Å². The van der Waals surface area contributed by atoms with Gasteiger partial charge in [-0.25, -0.2) is 0 Å². The molecule has 3 nitrogen and oxygen atoms in total. The summed E-state index contributed by atoms with van der Waals surface area (Å²) in [6, 6.07) is 4.69. The van der Waals surface area contributed by atoms with E-state index in [1.807, 2.05) is 0 Å². The van der Waals surface area contributed by atoms with E-state index in [9.17, 15) is 0 Å². The molecular formula is C7H8Cl2NO2P. The van der Waals surface area contributed by atoms with Gasteiger partial charge >= 0.3 is 0 Å². The molecule has 6 heteroatoms. The minimum Gasteiger partial charge on any atom is -0.349 e. The van der Waals surface area contributed by atoms with E-state index < -0.39 is 14.2 Å². The van der Waals surface area contributed by atoms with Gasteiger partial charge in [-0.3, -0.25) is 0 Å². The van der Waals surface area contributed by atoms with Crippen molar-refractivity contribution in [2.24, 2.45) is 5.73 Å². The van der Waals surface area contributed by atoms with E-state index >= 15 is 0 Å². The van der Waals surface area contributed by atoms with E-state index in [0.29, 0.717) is 15.6 Å². The third kappa shape index (κ3) is 2.78. The first-order chi connectivity index (χ1) is 6.02. The normalized spacial score (nSPS) is 13.4. The van der Waals surface area contributed by atoms with Crippen LogP contribution in [0.4, 0.5) is 0 Å². The molecule has 1 rings (SSSR count). The van der Waals surface area contributed by atoms with Crippen LogP contribution in [0.25, 0.3) is 0 Å². The number of benzene rings is 1. The molecular weight excluding hydrogens is 232 g/mol. The van der Waals surface area contributed by atoms with Crippen LogP contribution >= 0.6 is 31.6 Å². The summed E-state index contributed by atoms with van der Waals surface area (Å²) in [5.74, 6) is -0.847. The van der Waals surface area contributed by atoms with Crippen molar-refractivity contribution in [2.75, 3.05) is 0 Å². The highest BCUT2D eigenvalue weighted by Gasteiger charge is 2.17. The summed E-state index contributed by atoms with van der Waals surface area (Å²) in [5, 5.41) is 0.830. The fourth-order valence-corrected chi connectivity index (χ4v) is 1.94. The maximum atomic E-state index is 8.87. The molecule has 0 aliphatic rings. The van der Waals surface area contributed by atoms with E-state index in [2.05, 4.69) is 0 Å². The maximum absolute atomic E-state index is 8.87. The van der Waals surface area contributed by atoms with Crippen molar-refractivity contribution in [2.45, 2.75) is 5.78 Å². The number of halogens is 2. The van der Waals surface area contributed by atoms with E-state index in [1.165, 1.54) is 6.07 Å². The van der Waals surface area contributed by atoms with Crippen molar-refractivity contribution in [3.63, 3.8) is 0 Å². The Morgan fingerprint density at radius 1 is 1.31 bits per heavy atom. The molecule has 1 unspecified atom stereocenters. The van der Waals surface area contributed by atoms with Crippen LogP contribution in [0.3, 0.4) is 0 Å². The lowest BCUT2D eigenvalue weighted by atomic mass is 10.2. The van der Waals surface area contributed by atoms with Gasteiger partial charge in [-0.1, -0.05) is 29.3 Å². The van der Waals surface area contributed by atoms with Crippen molar-refractivity contribution < 1.29 is 9.79 Å². The van der Waals surface area contributed by atoms with Gasteiger partial charge in [0.2, 0.25) is 0 Å². The quantitative estimate of drug-likeness (QED) is 0.694. The predicted octanol–water partition coefficient (Wildman–Crippen LogP) is 2.25. The predicted molar refractivity (Wildman–Crippen MR) is 54.7 cm³/mol. The zero-order valence-electron chi connectivity index (χ0n) is 6.48. The van der Waals surface area contributed by atoms with E-state index in [4.69, 9.17) is 38.7 Å². The second-order valence-electron chi connectivity index (χ2n) is 2.43. The Morgan fingerprint density at radius 2 is 1.92 bits per heavy atom. The Balaban J connectivity index is 3.01. The van der Waals surface area contributed by atoms with Gasteiger partial charge < -0.3 is 15.5 Å². The lowest BCUT2D eigenvalue weighted by molar-refractivity contribution is 0.467. The van der Waals surface area contributed by atoms with E-state index in [1.54, 1.807) is 12.1 Å². The summed E-state index contributed by atoms with van der Waals surface area (Å²) < 4.78 is 0. The monoisotopic (exact) mass is 239 g/mol. The van der Waals surface area contributed by atoms with Crippen molar-refractivity contribution in [1.82, 2.24) is 0 Å². The van der Waals surface area contributed by atoms with Gasteiger partial charge in [0, 0.05) is 10.0 Å². The van der Waals surface area contributed by atoms with Gasteiger partial charge in [-0.05, 0) is 17.7 Å². The third-order valence-corrected chi connectivity index (χ3v) is 2.87. The highest BCUT2D eigenvalue weighted by molar-refractivity contribution is 7.45. The number of hydrogen-bond acceptors (Lipinski definition) is 3. The number of rotatable bonds is 2. The molecule has 0 aliphatic heterocycles. The van der Waals surface area contributed by atoms with Crippen LogP contribution in [-0.4, -0.2) is 9.79 Å². The minimum atomic E-state index is -2.21. The van der Waals surface area contributed by atoms with Crippen molar-refractivity contribution in [1.29, 1.82) is 0 Å². The van der Waals surface area contributed by atoms with Crippen LogP contribution in [0.2, 0.25) is 10.0 Å². The van der Waals surface area contributed by atoms with Gasteiger partial charge in [0.15, 0.2) is 8.38 Å². The van der Waals surface area contributed by atoms with Gasteiger partial charge in [-0.2, -0.15) is 0 Å². The van der Waals surface area contributed by atoms with E-state index in [0.717, 1.165) is 0 Å². The van der Waals surface area contributed by atoms with Crippen LogP contribution in [0, 0.1) is 0 Å². The molecule has 0 radical (unpaired) electrons. The van der Waals surface area contributed by atoms with Gasteiger partial charge in [0.05, 0.1) is 0 Å². The fourth-order valence-electron chi connectivity index (χ4n) is 0.866. The molecule has 72 valence electrons. The minimum absolute atomic E-state index is 0.343. The SMILES string of the molecule is NC(c1ccc(Cl)cc1Cl)P(O)O. The van der Waals surface area contributed by atoms with Crippen molar-refractivity contribution in [3.8, 4) is 0 Å². The average molecular weight is 240 g/mol. The number of nitrogens with two attached hydrogens (primary N) is 1. The van der Waals surface area contributed by atoms with Gasteiger partial charge in [-0.15, -0.1) is 0 Å². The Morgan fingerprint density at radius 3 is 2.38 bits per heavy atom. The highest BCUT2D eigenvalue weighted by Crippen LogP contribution is 2.42. The summed E-state index contributed by atoms with van der Waals surface area (Å²) in [6.45, 7) is 0. The van der Waals surface area contributed by atoms with Crippen LogP contribution < -0.4 is 5.73 Å². The molecule has 0 spiro atoms. The van der Waals surface area contributed by atoms with E-state index in [-0.39, 0.29) is 0 Å². The summed E-state index contributed by atoms with van der Waals surface area (Å²) in [6.07, 6.45) is 0. The Hall–Kier alpha value is 0.110. The van der Waals surface area contributed by atoms with Crippen LogP contribution in [0.15, 0.2) is 18.2 Å². The van der Waals surface area contributed by atoms with Gasteiger partial charge in [0.25, 0.3) is 0 Å².